The first-order valence-corrected chi connectivity index (χ1v) is 10.4. The van der Waals surface area contributed by atoms with Gasteiger partial charge < -0.3 is 4.57 Å². The maximum Gasteiger partial charge on any atom is 0.191 e. The average molecular weight is 396 g/mol. The van der Waals surface area contributed by atoms with E-state index in [1.807, 2.05) is 18.2 Å². The Kier molecular flexibility index (Phi) is 4.86. The number of thiophene rings is 1. The molecule has 4 rings (SSSR count). The smallest absolute Gasteiger partial charge is 0.191 e. The van der Waals surface area contributed by atoms with E-state index in [1.54, 1.807) is 23.1 Å². The standard InChI is InChI=1S/C17H15Cl2N3S2/c18-14-6-3-11(8-15(14)19)10-24-17-21-20-16(22(17)12-4-5-12)9-13-2-1-7-23-13/h1-3,6-8,12H,4-5,9-10H2. The third-order valence-corrected chi connectivity index (χ3v) is 6.54. The third kappa shape index (κ3) is 3.64. The van der Waals surface area contributed by atoms with Gasteiger partial charge in [-0.2, -0.15) is 0 Å². The number of benzene rings is 1. The van der Waals surface area contributed by atoms with E-state index in [1.165, 1.54) is 17.7 Å². The van der Waals surface area contributed by atoms with Gasteiger partial charge in [0.25, 0.3) is 0 Å². The molecule has 0 aliphatic heterocycles. The highest BCUT2D eigenvalue weighted by Crippen LogP contribution is 2.40. The molecular formula is C17H15Cl2N3S2. The fraction of sp³-hybridized carbons (Fsp3) is 0.294. The predicted molar refractivity (Wildman–Crippen MR) is 101 cm³/mol. The molecule has 0 bridgehead atoms. The van der Waals surface area contributed by atoms with Gasteiger partial charge in [-0.3, -0.25) is 0 Å². The second-order valence-electron chi connectivity index (χ2n) is 5.79. The van der Waals surface area contributed by atoms with Crippen molar-refractivity contribution in [3.63, 3.8) is 0 Å². The van der Waals surface area contributed by atoms with Gasteiger partial charge in [-0.25, -0.2) is 0 Å². The van der Waals surface area contributed by atoms with Crippen LogP contribution in [0.1, 0.15) is 35.1 Å². The largest absolute Gasteiger partial charge is 0.303 e. The zero-order valence-corrected chi connectivity index (χ0v) is 15.9. The first-order chi connectivity index (χ1) is 11.7. The first kappa shape index (κ1) is 16.5. The number of thioether (sulfide) groups is 1. The van der Waals surface area contributed by atoms with Crippen LogP contribution in [0, 0.1) is 0 Å². The second kappa shape index (κ2) is 7.08. The van der Waals surface area contributed by atoms with Gasteiger partial charge in [-0.05, 0) is 42.0 Å². The number of nitrogens with zero attached hydrogens (tertiary/aromatic N) is 3. The first-order valence-electron chi connectivity index (χ1n) is 7.73. The molecule has 0 saturated heterocycles. The van der Waals surface area contributed by atoms with E-state index in [-0.39, 0.29) is 0 Å². The van der Waals surface area contributed by atoms with E-state index in [9.17, 15) is 0 Å². The average Bonchev–Trinajstić information content (AvgIpc) is 3.13. The SMILES string of the molecule is Clc1ccc(CSc2nnc(Cc3cccs3)n2C2CC2)cc1Cl. The Bertz CT molecular complexity index is 842. The van der Waals surface area contributed by atoms with E-state index in [0.29, 0.717) is 16.1 Å². The molecule has 0 spiro atoms. The van der Waals surface area contributed by atoms with Gasteiger partial charge in [-0.15, -0.1) is 21.5 Å². The molecule has 124 valence electrons. The predicted octanol–water partition coefficient (Wildman–Crippen LogP) is 5.86. The van der Waals surface area contributed by atoms with Crippen LogP contribution in [-0.4, -0.2) is 14.8 Å². The van der Waals surface area contributed by atoms with Crippen LogP contribution >= 0.6 is 46.3 Å². The Morgan fingerprint density at radius 3 is 2.75 bits per heavy atom. The van der Waals surface area contributed by atoms with Crippen molar-refractivity contribution >= 4 is 46.3 Å². The van der Waals surface area contributed by atoms with Gasteiger partial charge in [0.2, 0.25) is 0 Å². The van der Waals surface area contributed by atoms with Crippen molar-refractivity contribution in [1.29, 1.82) is 0 Å². The Balaban J connectivity index is 1.52. The van der Waals surface area contributed by atoms with Crippen molar-refractivity contribution in [2.75, 3.05) is 0 Å². The Morgan fingerprint density at radius 1 is 1.17 bits per heavy atom. The van der Waals surface area contributed by atoms with Gasteiger partial charge in [-0.1, -0.05) is 47.1 Å². The van der Waals surface area contributed by atoms with E-state index in [0.717, 1.165) is 28.7 Å². The summed E-state index contributed by atoms with van der Waals surface area (Å²) < 4.78 is 2.32. The minimum atomic E-state index is 0.561. The molecule has 1 aromatic carbocycles. The Morgan fingerprint density at radius 2 is 2.04 bits per heavy atom. The Hall–Kier alpha value is -1.01. The fourth-order valence-electron chi connectivity index (χ4n) is 2.57. The zero-order chi connectivity index (χ0) is 16.5. The highest BCUT2D eigenvalue weighted by atomic mass is 35.5. The van der Waals surface area contributed by atoms with Crippen molar-refractivity contribution in [2.45, 2.75) is 36.2 Å². The van der Waals surface area contributed by atoms with Gasteiger partial charge in [0.1, 0.15) is 5.82 Å². The van der Waals surface area contributed by atoms with Gasteiger partial charge >= 0.3 is 0 Å². The van der Waals surface area contributed by atoms with Crippen LogP contribution in [-0.2, 0) is 12.2 Å². The highest BCUT2D eigenvalue weighted by Gasteiger charge is 2.29. The van der Waals surface area contributed by atoms with Gasteiger partial charge in [0, 0.05) is 23.1 Å². The number of aromatic nitrogens is 3. The van der Waals surface area contributed by atoms with E-state index < -0.39 is 0 Å². The molecule has 0 amide bonds. The topological polar surface area (TPSA) is 30.7 Å². The second-order valence-corrected chi connectivity index (χ2v) is 8.58. The van der Waals surface area contributed by atoms with Gasteiger partial charge in [0.05, 0.1) is 10.0 Å². The van der Waals surface area contributed by atoms with Crippen LogP contribution in [0.15, 0.2) is 40.9 Å². The molecule has 2 heterocycles. The van der Waals surface area contributed by atoms with Crippen molar-refractivity contribution in [3.8, 4) is 0 Å². The number of hydrogen-bond acceptors (Lipinski definition) is 4. The van der Waals surface area contributed by atoms with Crippen LogP contribution in [0.3, 0.4) is 0 Å². The van der Waals surface area contributed by atoms with Crippen molar-refractivity contribution in [3.05, 3.63) is 62.0 Å². The maximum atomic E-state index is 6.10. The Labute approximate surface area is 159 Å². The molecule has 1 fully saturated rings. The van der Waals surface area contributed by atoms with Crippen molar-refractivity contribution in [2.24, 2.45) is 0 Å². The summed E-state index contributed by atoms with van der Waals surface area (Å²) in [6.07, 6.45) is 3.29. The fourth-order valence-corrected chi connectivity index (χ4v) is 4.56. The van der Waals surface area contributed by atoms with E-state index >= 15 is 0 Å². The summed E-state index contributed by atoms with van der Waals surface area (Å²) >= 11 is 15.6. The maximum absolute atomic E-state index is 6.10. The molecule has 3 aromatic rings. The molecule has 0 atom stereocenters. The molecule has 1 aliphatic carbocycles. The summed E-state index contributed by atoms with van der Waals surface area (Å²) in [5.74, 6) is 1.87. The van der Waals surface area contributed by atoms with Crippen LogP contribution in [0.4, 0.5) is 0 Å². The van der Waals surface area contributed by atoms with Crippen molar-refractivity contribution < 1.29 is 0 Å². The molecule has 2 aromatic heterocycles. The minimum Gasteiger partial charge on any atom is -0.303 e. The lowest BCUT2D eigenvalue weighted by atomic mass is 10.2. The lowest BCUT2D eigenvalue weighted by molar-refractivity contribution is 0.635. The molecule has 3 nitrogen and oxygen atoms in total. The summed E-state index contributed by atoms with van der Waals surface area (Å²) in [6, 6.07) is 10.6. The molecule has 0 unspecified atom stereocenters. The monoisotopic (exact) mass is 395 g/mol. The summed E-state index contributed by atoms with van der Waals surface area (Å²) in [5, 5.41) is 13.2. The zero-order valence-electron chi connectivity index (χ0n) is 12.8. The molecule has 0 radical (unpaired) electrons. The van der Waals surface area contributed by atoms with Gasteiger partial charge in [0.15, 0.2) is 5.16 Å². The van der Waals surface area contributed by atoms with Crippen LogP contribution in [0.25, 0.3) is 0 Å². The minimum absolute atomic E-state index is 0.561. The van der Waals surface area contributed by atoms with Crippen LogP contribution in [0.2, 0.25) is 10.0 Å². The molecule has 1 aliphatic rings. The van der Waals surface area contributed by atoms with Crippen LogP contribution in [0.5, 0.6) is 0 Å². The molecule has 7 heteroatoms. The quantitative estimate of drug-likeness (QED) is 0.489. The van der Waals surface area contributed by atoms with E-state index in [2.05, 4.69) is 32.3 Å². The lowest BCUT2D eigenvalue weighted by Crippen LogP contribution is -2.03. The lowest BCUT2D eigenvalue weighted by Gasteiger charge is -2.08. The summed E-state index contributed by atoms with van der Waals surface area (Å²) in [6.45, 7) is 0. The number of halogens is 2. The summed E-state index contributed by atoms with van der Waals surface area (Å²) in [7, 11) is 0. The van der Waals surface area contributed by atoms with E-state index in [4.69, 9.17) is 23.2 Å². The third-order valence-electron chi connectivity index (χ3n) is 3.91. The molecular weight excluding hydrogens is 381 g/mol. The van der Waals surface area contributed by atoms with Crippen LogP contribution < -0.4 is 0 Å². The number of hydrogen-bond donors (Lipinski definition) is 0. The normalized spacial score (nSPS) is 14.2. The molecule has 24 heavy (non-hydrogen) atoms. The molecule has 0 N–H and O–H groups in total. The summed E-state index contributed by atoms with van der Waals surface area (Å²) in [5.41, 5.74) is 1.14. The molecule has 1 saturated carbocycles. The summed E-state index contributed by atoms with van der Waals surface area (Å²) in [4.78, 5) is 1.32. The number of rotatable bonds is 6. The highest BCUT2D eigenvalue weighted by molar-refractivity contribution is 7.98. The van der Waals surface area contributed by atoms with Crippen molar-refractivity contribution in [1.82, 2.24) is 14.8 Å².